The Morgan fingerprint density at radius 1 is 1.19 bits per heavy atom. The number of alkyl halides is 3. The van der Waals surface area contributed by atoms with Crippen LogP contribution in [-0.2, 0) is 22.3 Å². The molecule has 10 heteroatoms. The van der Waals surface area contributed by atoms with Crippen molar-refractivity contribution in [3.63, 3.8) is 0 Å². The molecule has 6 nitrogen and oxygen atoms in total. The van der Waals surface area contributed by atoms with Gasteiger partial charge in [0.25, 0.3) is 5.56 Å². The van der Waals surface area contributed by atoms with Gasteiger partial charge in [-0.3, -0.25) is 14.2 Å². The number of amides is 1. The minimum Gasteiger partial charge on any atom is -0.376 e. The zero-order valence-corrected chi connectivity index (χ0v) is 17.7. The minimum absolute atomic E-state index is 0.123. The predicted molar refractivity (Wildman–Crippen MR) is 116 cm³/mol. The van der Waals surface area contributed by atoms with E-state index in [9.17, 15) is 22.8 Å². The summed E-state index contributed by atoms with van der Waals surface area (Å²) in [5.74, 6) is -0.833. The van der Waals surface area contributed by atoms with Crippen molar-refractivity contribution >= 4 is 34.3 Å². The van der Waals surface area contributed by atoms with Gasteiger partial charge >= 0.3 is 6.18 Å². The number of para-hydroxylation sites is 2. The average Bonchev–Trinajstić information content (AvgIpc) is 3.27. The Bertz CT molecular complexity index is 1190. The van der Waals surface area contributed by atoms with Gasteiger partial charge in [-0.1, -0.05) is 36.0 Å². The SMILES string of the molecule is O=C(CSc1nc2ccccc2c(=O)n1C[C@@H]1CCCO1)Nc1ccccc1C(F)(F)F. The molecule has 0 unspecified atom stereocenters. The van der Waals surface area contributed by atoms with Crippen molar-refractivity contribution in [3.8, 4) is 0 Å². The molecule has 0 aliphatic carbocycles. The second-order valence-corrected chi connectivity index (χ2v) is 8.29. The van der Waals surface area contributed by atoms with Crippen LogP contribution < -0.4 is 10.9 Å². The maximum atomic E-state index is 13.2. The highest BCUT2D eigenvalue weighted by Gasteiger charge is 2.33. The first-order chi connectivity index (χ1) is 15.3. The van der Waals surface area contributed by atoms with Gasteiger partial charge in [-0.05, 0) is 37.1 Å². The van der Waals surface area contributed by atoms with E-state index in [2.05, 4.69) is 10.3 Å². The van der Waals surface area contributed by atoms with E-state index in [-0.39, 0.29) is 23.1 Å². The van der Waals surface area contributed by atoms with Crippen LogP contribution >= 0.6 is 11.8 Å². The number of carbonyl (C=O) groups excluding carboxylic acids is 1. The lowest BCUT2D eigenvalue weighted by Crippen LogP contribution is -2.29. The Hall–Kier alpha value is -2.85. The van der Waals surface area contributed by atoms with Gasteiger partial charge in [0.05, 0.1) is 40.6 Å². The smallest absolute Gasteiger partial charge is 0.376 e. The fraction of sp³-hybridized carbons (Fsp3) is 0.318. The zero-order chi connectivity index (χ0) is 22.7. The van der Waals surface area contributed by atoms with Crippen LogP contribution in [0.5, 0.6) is 0 Å². The first-order valence-corrected chi connectivity index (χ1v) is 11.0. The fourth-order valence-corrected chi connectivity index (χ4v) is 4.38. The molecule has 1 aromatic heterocycles. The molecule has 2 aromatic carbocycles. The van der Waals surface area contributed by atoms with E-state index >= 15 is 0 Å². The van der Waals surface area contributed by atoms with Crippen LogP contribution in [0, 0.1) is 0 Å². The molecule has 1 fully saturated rings. The molecule has 1 aliphatic rings. The van der Waals surface area contributed by atoms with Crippen LogP contribution in [0.4, 0.5) is 18.9 Å². The topological polar surface area (TPSA) is 73.2 Å². The van der Waals surface area contributed by atoms with Gasteiger partial charge in [0, 0.05) is 6.61 Å². The Labute approximate surface area is 185 Å². The third kappa shape index (κ3) is 4.97. The first-order valence-electron chi connectivity index (χ1n) is 10.0. The first kappa shape index (κ1) is 22.3. The second kappa shape index (κ2) is 9.33. The number of halogens is 3. The van der Waals surface area contributed by atoms with Crippen LogP contribution in [0.15, 0.2) is 58.5 Å². The van der Waals surface area contributed by atoms with E-state index in [0.29, 0.717) is 29.2 Å². The normalized spacial score (nSPS) is 16.4. The van der Waals surface area contributed by atoms with Crippen molar-refractivity contribution < 1.29 is 22.7 Å². The largest absolute Gasteiger partial charge is 0.418 e. The minimum atomic E-state index is -4.58. The Kier molecular flexibility index (Phi) is 6.52. The van der Waals surface area contributed by atoms with Crippen LogP contribution in [-0.4, -0.2) is 33.9 Å². The third-order valence-electron chi connectivity index (χ3n) is 5.08. The van der Waals surface area contributed by atoms with E-state index < -0.39 is 17.6 Å². The summed E-state index contributed by atoms with van der Waals surface area (Å²) in [7, 11) is 0. The molecule has 168 valence electrons. The van der Waals surface area contributed by atoms with Gasteiger partial charge < -0.3 is 10.1 Å². The highest BCUT2D eigenvalue weighted by Crippen LogP contribution is 2.34. The van der Waals surface area contributed by atoms with Gasteiger partial charge in [0.1, 0.15) is 0 Å². The number of rotatable bonds is 6. The maximum absolute atomic E-state index is 13.2. The lowest BCUT2D eigenvalue weighted by atomic mass is 10.1. The summed E-state index contributed by atoms with van der Waals surface area (Å²) in [6, 6.07) is 11.7. The average molecular weight is 463 g/mol. The highest BCUT2D eigenvalue weighted by atomic mass is 32.2. The second-order valence-electron chi connectivity index (χ2n) is 7.34. The number of carbonyl (C=O) groups is 1. The van der Waals surface area contributed by atoms with Crippen molar-refractivity contribution in [1.82, 2.24) is 9.55 Å². The molecule has 0 radical (unpaired) electrons. The summed E-state index contributed by atoms with van der Waals surface area (Å²) in [5, 5.41) is 3.09. The number of thioether (sulfide) groups is 1. The summed E-state index contributed by atoms with van der Waals surface area (Å²) < 4.78 is 46.6. The van der Waals surface area contributed by atoms with E-state index in [1.54, 1.807) is 24.3 Å². The Morgan fingerprint density at radius 3 is 2.69 bits per heavy atom. The number of anilines is 1. The van der Waals surface area contributed by atoms with E-state index in [0.717, 1.165) is 30.7 Å². The van der Waals surface area contributed by atoms with E-state index in [1.807, 2.05) is 0 Å². The molecule has 0 bridgehead atoms. The van der Waals surface area contributed by atoms with Crippen molar-refractivity contribution in [2.24, 2.45) is 0 Å². The van der Waals surface area contributed by atoms with Gasteiger partial charge in [-0.2, -0.15) is 13.2 Å². The molecule has 1 atom stereocenters. The molecule has 0 spiro atoms. The highest BCUT2D eigenvalue weighted by molar-refractivity contribution is 7.99. The van der Waals surface area contributed by atoms with E-state index in [1.165, 1.54) is 22.8 Å². The number of nitrogens with zero attached hydrogens (tertiary/aromatic N) is 2. The molecule has 0 saturated carbocycles. The number of benzene rings is 2. The molecule has 32 heavy (non-hydrogen) atoms. The number of hydrogen-bond donors (Lipinski definition) is 1. The van der Waals surface area contributed by atoms with Gasteiger partial charge in [0.15, 0.2) is 5.16 Å². The third-order valence-corrected chi connectivity index (χ3v) is 6.05. The van der Waals surface area contributed by atoms with Crippen LogP contribution in [0.1, 0.15) is 18.4 Å². The van der Waals surface area contributed by atoms with E-state index in [4.69, 9.17) is 4.74 Å². The number of aromatic nitrogens is 2. The van der Waals surface area contributed by atoms with Crippen molar-refractivity contribution in [3.05, 3.63) is 64.4 Å². The number of nitrogens with one attached hydrogen (secondary N) is 1. The number of hydrogen-bond acceptors (Lipinski definition) is 5. The summed E-state index contributed by atoms with van der Waals surface area (Å²) in [6.07, 6.45) is -2.98. The van der Waals surface area contributed by atoms with Crippen LogP contribution in [0.25, 0.3) is 10.9 Å². The molecule has 2 heterocycles. The summed E-state index contributed by atoms with van der Waals surface area (Å²) in [5.41, 5.74) is -0.978. The monoisotopic (exact) mass is 463 g/mol. The molecule has 1 amide bonds. The predicted octanol–water partition coefficient (Wildman–Crippen LogP) is 4.33. The van der Waals surface area contributed by atoms with Crippen LogP contribution in [0.2, 0.25) is 0 Å². The maximum Gasteiger partial charge on any atom is 0.418 e. The van der Waals surface area contributed by atoms with Crippen molar-refractivity contribution in [1.29, 1.82) is 0 Å². The van der Waals surface area contributed by atoms with Gasteiger partial charge in [-0.15, -0.1) is 0 Å². The molecule has 1 aliphatic heterocycles. The molecule has 4 rings (SSSR count). The van der Waals surface area contributed by atoms with Gasteiger partial charge in [0.2, 0.25) is 5.91 Å². The lowest BCUT2D eigenvalue weighted by molar-refractivity contribution is -0.137. The summed E-state index contributed by atoms with van der Waals surface area (Å²) in [6.45, 7) is 0.932. The molecular formula is C22H20F3N3O3S. The summed E-state index contributed by atoms with van der Waals surface area (Å²) in [4.78, 5) is 30.0. The molecule has 3 aromatic rings. The van der Waals surface area contributed by atoms with Crippen molar-refractivity contribution in [2.45, 2.75) is 36.8 Å². The number of fused-ring (bicyclic) bond motifs is 1. The zero-order valence-electron chi connectivity index (χ0n) is 16.9. The Balaban J connectivity index is 1.56. The standard InChI is InChI=1S/C22H20F3N3O3S/c23-22(24,25)16-8-2-4-10-18(16)26-19(29)13-32-21-27-17-9-3-1-7-15(17)20(30)28(21)12-14-6-5-11-31-14/h1-4,7-10,14H,5-6,11-13H2,(H,26,29)/t14-/m0/s1. The van der Waals surface area contributed by atoms with Crippen LogP contribution in [0.3, 0.4) is 0 Å². The lowest BCUT2D eigenvalue weighted by Gasteiger charge is -2.17. The fourth-order valence-electron chi connectivity index (χ4n) is 3.57. The van der Waals surface area contributed by atoms with Gasteiger partial charge in [-0.25, -0.2) is 4.98 Å². The number of ether oxygens (including phenoxy) is 1. The van der Waals surface area contributed by atoms with Crippen molar-refractivity contribution in [2.75, 3.05) is 17.7 Å². The quantitative estimate of drug-likeness (QED) is 0.435. The summed E-state index contributed by atoms with van der Waals surface area (Å²) >= 11 is 1.00. The Morgan fingerprint density at radius 2 is 1.94 bits per heavy atom. The molecule has 1 saturated heterocycles. The molecule has 1 N–H and O–H groups in total. The molecular weight excluding hydrogens is 443 g/mol.